The molecule has 2 aromatic rings. The van der Waals surface area contributed by atoms with Gasteiger partial charge in [0, 0.05) is 39.3 Å². The minimum atomic E-state index is 0.00831. The monoisotopic (exact) mass is 432 g/mol. The molecule has 0 saturated carbocycles. The maximum Gasteiger partial charge on any atom is 0.257 e. The van der Waals surface area contributed by atoms with Gasteiger partial charge in [0.2, 0.25) is 0 Å². The van der Waals surface area contributed by atoms with Gasteiger partial charge in [-0.1, -0.05) is 35.9 Å². The highest BCUT2D eigenvalue weighted by Gasteiger charge is 2.24. The van der Waals surface area contributed by atoms with E-state index in [4.69, 9.17) is 25.8 Å². The molecule has 2 aromatic carbocycles. The van der Waals surface area contributed by atoms with Crippen LogP contribution in [0.1, 0.15) is 17.3 Å². The van der Waals surface area contributed by atoms with Crippen molar-refractivity contribution in [1.29, 1.82) is 0 Å². The molecule has 1 saturated heterocycles. The zero-order valence-electron chi connectivity index (χ0n) is 17.4. The highest BCUT2D eigenvalue weighted by Crippen LogP contribution is 2.23. The number of carbonyl (C=O) groups excluding carboxylic acids is 1. The number of hydrogen-bond donors (Lipinski definition) is 0. The van der Waals surface area contributed by atoms with Crippen molar-refractivity contribution in [1.82, 2.24) is 9.80 Å². The van der Waals surface area contributed by atoms with E-state index in [0.717, 1.165) is 19.6 Å². The number of rotatable bonds is 10. The van der Waals surface area contributed by atoms with Crippen LogP contribution in [0.15, 0.2) is 48.5 Å². The van der Waals surface area contributed by atoms with Gasteiger partial charge in [0.25, 0.3) is 5.91 Å². The Morgan fingerprint density at radius 3 is 2.30 bits per heavy atom. The molecule has 0 unspecified atom stereocenters. The molecule has 7 heteroatoms. The molecule has 0 bridgehead atoms. The van der Waals surface area contributed by atoms with Crippen LogP contribution in [0.3, 0.4) is 0 Å². The molecule has 0 radical (unpaired) electrons. The van der Waals surface area contributed by atoms with Gasteiger partial charge in [-0.3, -0.25) is 9.69 Å². The first-order chi connectivity index (χ1) is 14.7. The van der Waals surface area contributed by atoms with Gasteiger partial charge in [-0.25, -0.2) is 0 Å². The zero-order chi connectivity index (χ0) is 21.2. The maximum absolute atomic E-state index is 13.0. The smallest absolute Gasteiger partial charge is 0.257 e. The van der Waals surface area contributed by atoms with E-state index < -0.39 is 0 Å². The molecule has 0 spiro atoms. The molecular weight excluding hydrogens is 404 g/mol. The maximum atomic E-state index is 13.0. The van der Waals surface area contributed by atoms with Crippen molar-refractivity contribution in [2.45, 2.75) is 6.92 Å². The summed E-state index contributed by atoms with van der Waals surface area (Å²) in [4.78, 5) is 17.2. The highest BCUT2D eigenvalue weighted by molar-refractivity contribution is 6.32. The Balaban J connectivity index is 1.45. The van der Waals surface area contributed by atoms with Crippen LogP contribution in [0.25, 0.3) is 0 Å². The Kier molecular flexibility index (Phi) is 8.81. The van der Waals surface area contributed by atoms with Gasteiger partial charge >= 0.3 is 0 Å². The van der Waals surface area contributed by atoms with Crippen molar-refractivity contribution in [2.75, 3.05) is 59.2 Å². The summed E-state index contributed by atoms with van der Waals surface area (Å²) in [5, 5.41) is 0.620. The van der Waals surface area contributed by atoms with Gasteiger partial charge in [0.05, 0.1) is 17.2 Å². The molecule has 0 N–H and O–H groups in total. The first-order valence-corrected chi connectivity index (χ1v) is 10.8. The molecule has 0 atom stereocenters. The van der Waals surface area contributed by atoms with Gasteiger partial charge in [-0.2, -0.15) is 0 Å². The fourth-order valence-electron chi connectivity index (χ4n) is 3.32. The largest absolute Gasteiger partial charge is 0.491 e. The van der Waals surface area contributed by atoms with Crippen molar-refractivity contribution < 1.29 is 19.0 Å². The topological polar surface area (TPSA) is 51.2 Å². The molecule has 3 rings (SSSR count). The Hall–Kier alpha value is -2.28. The Morgan fingerprint density at radius 1 is 0.900 bits per heavy atom. The van der Waals surface area contributed by atoms with E-state index in [9.17, 15) is 4.79 Å². The Morgan fingerprint density at radius 2 is 1.57 bits per heavy atom. The standard InChI is InChI=1S/C23H29ClN2O4/c1-2-28-17-18-30-21-9-5-3-7-19(21)23(27)26-13-11-25(12-14-26)15-16-29-22-10-6-4-8-20(22)24/h3-10H,2,11-18H2,1H3. The third-order valence-corrected chi connectivity index (χ3v) is 5.28. The number of carbonyl (C=O) groups is 1. The molecule has 1 amide bonds. The normalized spacial score (nSPS) is 14.5. The fourth-order valence-corrected chi connectivity index (χ4v) is 3.51. The average Bonchev–Trinajstić information content (AvgIpc) is 2.78. The van der Waals surface area contributed by atoms with E-state index in [2.05, 4.69) is 4.90 Å². The van der Waals surface area contributed by atoms with E-state index in [1.807, 2.05) is 60.4 Å². The third-order valence-electron chi connectivity index (χ3n) is 4.97. The third kappa shape index (κ3) is 6.36. The summed E-state index contributed by atoms with van der Waals surface area (Å²) in [5.41, 5.74) is 0.601. The van der Waals surface area contributed by atoms with Crippen molar-refractivity contribution in [2.24, 2.45) is 0 Å². The van der Waals surface area contributed by atoms with Crippen molar-refractivity contribution in [3.8, 4) is 11.5 Å². The number of nitrogens with zero attached hydrogens (tertiary/aromatic N) is 2. The van der Waals surface area contributed by atoms with Crippen molar-refractivity contribution in [3.05, 3.63) is 59.1 Å². The minimum absolute atomic E-state index is 0.00831. The first kappa shape index (κ1) is 22.4. The molecule has 30 heavy (non-hydrogen) atoms. The van der Waals surface area contributed by atoms with Gasteiger partial charge in [-0.15, -0.1) is 0 Å². The summed E-state index contributed by atoms with van der Waals surface area (Å²) >= 11 is 6.12. The van der Waals surface area contributed by atoms with Crippen LogP contribution in [0, 0.1) is 0 Å². The van der Waals surface area contributed by atoms with Gasteiger partial charge in [0.1, 0.15) is 24.7 Å². The zero-order valence-corrected chi connectivity index (χ0v) is 18.1. The lowest BCUT2D eigenvalue weighted by molar-refractivity contribution is 0.0612. The van der Waals surface area contributed by atoms with Crippen LogP contribution in [0.5, 0.6) is 11.5 Å². The van der Waals surface area contributed by atoms with Gasteiger partial charge < -0.3 is 19.1 Å². The first-order valence-electron chi connectivity index (χ1n) is 10.4. The number of para-hydroxylation sites is 2. The number of hydrogen-bond acceptors (Lipinski definition) is 5. The number of ether oxygens (including phenoxy) is 3. The Labute approximate surface area is 183 Å². The molecule has 0 aliphatic carbocycles. The van der Waals surface area contributed by atoms with E-state index in [1.165, 1.54) is 0 Å². The Bertz CT molecular complexity index is 809. The van der Waals surface area contributed by atoms with E-state index in [0.29, 0.717) is 61.6 Å². The number of halogens is 1. The summed E-state index contributed by atoms with van der Waals surface area (Å²) in [6, 6.07) is 14.9. The molecule has 162 valence electrons. The van der Waals surface area contributed by atoms with Crippen LogP contribution in [0.4, 0.5) is 0 Å². The second-order valence-electron chi connectivity index (χ2n) is 6.95. The minimum Gasteiger partial charge on any atom is -0.491 e. The second kappa shape index (κ2) is 11.8. The quantitative estimate of drug-likeness (QED) is 0.537. The lowest BCUT2D eigenvalue weighted by Gasteiger charge is -2.34. The molecule has 1 aliphatic rings. The lowest BCUT2D eigenvalue weighted by atomic mass is 10.1. The number of benzene rings is 2. The molecule has 6 nitrogen and oxygen atoms in total. The molecule has 1 aliphatic heterocycles. The van der Waals surface area contributed by atoms with Crippen LogP contribution in [-0.2, 0) is 4.74 Å². The predicted molar refractivity (Wildman–Crippen MR) is 118 cm³/mol. The summed E-state index contributed by atoms with van der Waals surface area (Å²) in [7, 11) is 0. The van der Waals surface area contributed by atoms with Crippen LogP contribution < -0.4 is 9.47 Å². The molecule has 1 fully saturated rings. The van der Waals surface area contributed by atoms with Crippen LogP contribution in [0.2, 0.25) is 5.02 Å². The molecule has 0 aromatic heterocycles. The molecular formula is C23H29ClN2O4. The van der Waals surface area contributed by atoms with Crippen molar-refractivity contribution in [3.63, 3.8) is 0 Å². The van der Waals surface area contributed by atoms with Crippen LogP contribution in [-0.4, -0.2) is 74.9 Å². The predicted octanol–water partition coefficient (Wildman–Crippen LogP) is 3.59. The van der Waals surface area contributed by atoms with Gasteiger partial charge in [0.15, 0.2) is 0 Å². The summed E-state index contributed by atoms with van der Waals surface area (Å²) in [5.74, 6) is 1.32. The van der Waals surface area contributed by atoms with E-state index in [-0.39, 0.29) is 5.91 Å². The van der Waals surface area contributed by atoms with Crippen molar-refractivity contribution >= 4 is 17.5 Å². The SMILES string of the molecule is CCOCCOc1ccccc1C(=O)N1CCN(CCOc2ccccc2Cl)CC1. The summed E-state index contributed by atoms with van der Waals surface area (Å²) in [6.07, 6.45) is 0. The van der Waals surface area contributed by atoms with E-state index >= 15 is 0 Å². The average molecular weight is 433 g/mol. The second-order valence-corrected chi connectivity index (χ2v) is 7.36. The van der Waals surface area contributed by atoms with Crippen LogP contribution >= 0.6 is 11.6 Å². The van der Waals surface area contributed by atoms with Gasteiger partial charge in [-0.05, 0) is 31.2 Å². The molecule has 1 heterocycles. The summed E-state index contributed by atoms with van der Waals surface area (Å²) < 4.78 is 16.8. The highest BCUT2D eigenvalue weighted by atomic mass is 35.5. The lowest BCUT2D eigenvalue weighted by Crippen LogP contribution is -2.49. The number of amides is 1. The van der Waals surface area contributed by atoms with E-state index in [1.54, 1.807) is 0 Å². The fraction of sp³-hybridized carbons (Fsp3) is 0.435. The summed E-state index contributed by atoms with van der Waals surface area (Å²) in [6.45, 7) is 7.87. The number of piperazine rings is 1.